The maximum absolute atomic E-state index is 11.6. The smallest absolute Gasteiger partial charge is 0.303 e. The van der Waals surface area contributed by atoms with Gasteiger partial charge in [0.05, 0.1) is 0 Å². The molecule has 2 aliphatic rings. The summed E-state index contributed by atoms with van der Waals surface area (Å²) in [5.41, 5.74) is 1.65. The van der Waals surface area contributed by atoms with E-state index < -0.39 is 5.97 Å². The van der Waals surface area contributed by atoms with E-state index in [1.54, 1.807) is 0 Å². The van der Waals surface area contributed by atoms with Crippen molar-refractivity contribution in [1.29, 1.82) is 0 Å². The van der Waals surface area contributed by atoms with Crippen molar-refractivity contribution >= 4 is 5.97 Å². The van der Waals surface area contributed by atoms with Gasteiger partial charge in [0.25, 0.3) is 0 Å². The van der Waals surface area contributed by atoms with Crippen LogP contribution in [0.15, 0.2) is 42.5 Å². The molecule has 1 N–H and O–H groups in total. The average molecular weight is 439 g/mol. The van der Waals surface area contributed by atoms with E-state index in [1.165, 1.54) is 102 Å². The van der Waals surface area contributed by atoms with Crippen LogP contribution in [0.2, 0.25) is 0 Å². The Bertz CT molecular complexity index is 665. The Hall–Kier alpha value is -1.57. The summed E-state index contributed by atoms with van der Waals surface area (Å²) >= 11 is 0. The summed E-state index contributed by atoms with van der Waals surface area (Å²) in [5, 5.41) is 9.52. The van der Waals surface area contributed by atoms with E-state index in [1.807, 2.05) is 0 Å². The molecule has 3 rings (SSSR count). The first-order valence-corrected chi connectivity index (χ1v) is 13.6. The molecule has 0 amide bonds. The van der Waals surface area contributed by atoms with Gasteiger partial charge in [-0.1, -0.05) is 100 Å². The van der Waals surface area contributed by atoms with Gasteiger partial charge < -0.3 is 5.11 Å². The maximum atomic E-state index is 11.6. The highest BCUT2D eigenvalue weighted by molar-refractivity contribution is 5.67. The summed E-state index contributed by atoms with van der Waals surface area (Å²) < 4.78 is 0. The second-order valence-corrected chi connectivity index (χ2v) is 10.7. The quantitative estimate of drug-likeness (QED) is 0.233. The van der Waals surface area contributed by atoms with Crippen molar-refractivity contribution in [2.75, 3.05) is 0 Å². The first kappa shape index (κ1) is 25.1. The van der Waals surface area contributed by atoms with Gasteiger partial charge in [-0.25, -0.2) is 0 Å². The summed E-state index contributed by atoms with van der Waals surface area (Å²) in [7, 11) is 0. The van der Waals surface area contributed by atoms with E-state index in [9.17, 15) is 9.90 Å². The van der Waals surface area contributed by atoms with Gasteiger partial charge in [0.2, 0.25) is 0 Å². The number of carboxylic acids is 1. The van der Waals surface area contributed by atoms with Crippen LogP contribution in [0.3, 0.4) is 0 Å². The van der Waals surface area contributed by atoms with Gasteiger partial charge in [0.1, 0.15) is 0 Å². The molecular formula is C30H46O2. The number of allylic oxidation sites excluding steroid dienone is 2. The molecule has 0 heterocycles. The molecule has 0 saturated heterocycles. The Balaban J connectivity index is 1.37. The predicted octanol–water partition coefficient (Wildman–Crippen LogP) is 8.85. The molecular weight excluding hydrogens is 392 g/mol. The fourth-order valence-corrected chi connectivity index (χ4v) is 6.45. The Kier molecular flexibility index (Phi) is 10.9. The van der Waals surface area contributed by atoms with Gasteiger partial charge in [-0.05, 0) is 74.2 Å². The molecule has 2 nitrogen and oxygen atoms in total. The van der Waals surface area contributed by atoms with E-state index in [0.29, 0.717) is 12.3 Å². The van der Waals surface area contributed by atoms with E-state index in [0.717, 1.165) is 18.8 Å². The molecule has 2 saturated carbocycles. The summed E-state index contributed by atoms with van der Waals surface area (Å²) in [6, 6.07) is 10.9. The van der Waals surface area contributed by atoms with Gasteiger partial charge in [-0.2, -0.15) is 0 Å². The molecule has 1 atom stereocenters. The lowest BCUT2D eigenvalue weighted by molar-refractivity contribution is -0.138. The zero-order chi connectivity index (χ0) is 22.5. The molecule has 0 radical (unpaired) electrons. The number of hydrogen-bond acceptors (Lipinski definition) is 1. The number of carboxylic acid groups (broad SMARTS) is 1. The highest BCUT2D eigenvalue weighted by Gasteiger charge is 2.37. The number of aliphatic carboxylic acids is 1. The molecule has 0 bridgehead atoms. The van der Waals surface area contributed by atoms with Crippen LogP contribution in [0.4, 0.5) is 0 Å². The number of hydrogen-bond donors (Lipinski definition) is 1. The minimum Gasteiger partial charge on any atom is -0.481 e. The van der Waals surface area contributed by atoms with Crippen LogP contribution in [0.1, 0.15) is 121 Å². The lowest BCUT2D eigenvalue weighted by Crippen LogP contribution is -2.27. The van der Waals surface area contributed by atoms with Crippen LogP contribution in [0.25, 0.3) is 0 Å². The minimum atomic E-state index is -0.628. The standard InChI is InChI=1S/C30H46O2/c31-29(32)24-27(25-30(22-14-15-23-30)28-20-12-7-13-21-28)19-9-5-3-1-2-4-8-16-26-17-10-6-11-18-26/h2,4,7,12-13,20-21,26-27H,1,3,5-6,8-11,14-19,22-25H2,(H,31,32)/t27-/m0/s1. The van der Waals surface area contributed by atoms with Gasteiger partial charge >= 0.3 is 5.97 Å². The summed E-state index contributed by atoms with van der Waals surface area (Å²) in [5.74, 6) is 0.660. The predicted molar refractivity (Wildman–Crippen MR) is 135 cm³/mol. The van der Waals surface area contributed by atoms with Crippen molar-refractivity contribution in [2.45, 2.75) is 121 Å². The van der Waals surface area contributed by atoms with Gasteiger partial charge in [-0.3, -0.25) is 4.79 Å². The van der Waals surface area contributed by atoms with E-state index in [-0.39, 0.29) is 5.41 Å². The molecule has 32 heavy (non-hydrogen) atoms. The van der Waals surface area contributed by atoms with Crippen LogP contribution in [0, 0.1) is 11.8 Å². The highest BCUT2D eigenvalue weighted by atomic mass is 16.4. The second-order valence-electron chi connectivity index (χ2n) is 10.7. The van der Waals surface area contributed by atoms with Crippen molar-refractivity contribution in [3.05, 3.63) is 48.0 Å². The molecule has 0 aliphatic heterocycles. The summed E-state index contributed by atoms with van der Waals surface area (Å²) in [4.78, 5) is 11.6. The molecule has 0 unspecified atom stereocenters. The van der Waals surface area contributed by atoms with Crippen molar-refractivity contribution in [3.63, 3.8) is 0 Å². The zero-order valence-corrected chi connectivity index (χ0v) is 20.3. The number of rotatable bonds is 14. The summed E-state index contributed by atoms with van der Waals surface area (Å²) in [6.45, 7) is 0. The van der Waals surface area contributed by atoms with Crippen LogP contribution >= 0.6 is 0 Å². The average Bonchev–Trinajstić information content (AvgIpc) is 3.28. The van der Waals surface area contributed by atoms with E-state index in [4.69, 9.17) is 0 Å². The second kappa shape index (κ2) is 13.9. The number of unbranched alkanes of at least 4 members (excludes halogenated alkanes) is 3. The summed E-state index contributed by atoms with van der Waals surface area (Å²) in [6.07, 6.45) is 26.9. The highest BCUT2D eigenvalue weighted by Crippen LogP contribution is 2.46. The topological polar surface area (TPSA) is 37.3 Å². The van der Waals surface area contributed by atoms with Crippen LogP contribution in [-0.2, 0) is 10.2 Å². The Morgan fingerprint density at radius 2 is 1.66 bits per heavy atom. The number of carbonyl (C=O) groups is 1. The van der Waals surface area contributed by atoms with Crippen molar-refractivity contribution in [2.24, 2.45) is 11.8 Å². The molecule has 1 aromatic carbocycles. The molecule has 1 aromatic rings. The van der Waals surface area contributed by atoms with Crippen LogP contribution in [0.5, 0.6) is 0 Å². The lowest BCUT2D eigenvalue weighted by Gasteiger charge is -2.33. The Morgan fingerprint density at radius 3 is 2.38 bits per heavy atom. The normalized spacial score (nSPS) is 20.0. The third-order valence-corrected chi connectivity index (χ3v) is 8.21. The lowest BCUT2D eigenvalue weighted by atomic mass is 9.71. The maximum Gasteiger partial charge on any atom is 0.303 e. The van der Waals surface area contributed by atoms with Crippen molar-refractivity contribution in [1.82, 2.24) is 0 Å². The molecule has 0 aromatic heterocycles. The zero-order valence-electron chi connectivity index (χ0n) is 20.3. The van der Waals surface area contributed by atoms with Gasteiger partial charge in [-0.15, -0.1) is 0 Å². The number of benzene rings is 1. The van der Waals surface area contributed by atoms with Crippen molar-refractivity contribution < 1.29 is 9.90 Å². The van der Waals surface area contributed by atoms with E-state index in [2.05, 4.69) is 42.5 Å². The minimum absolute atomic E-state index is 0.211. The Morgan fingerprint density at radius 1 is 0.938 bits per heavy atom. The SMILES string of the molecule is O=C(O)C[C@H](CCCCCC=CCCC1CCCCC1)CC1(c2ccccc2)CCCC1. The first-order valence-electron chi connectivity index (χ1n) is 13.6. The third-order valence-electron chi connectivity index (χ3n) is 8.21. The molecule has 2 heteroatoms. The monoisotopic (exact) mass is 438 g/mol. The fraction of sp³-hybridized carbons (Fsp3) is 0.700. The molecule has 0 spiro atoms. The molecule has 2 fully saturated rings. The fourth-order valence-electron chi connectivity index (χ4n) is 6.45. The third kappa shape index (κ3) is 8.41. The van der Waals surface area contributed by atoms with Crippen LogP contribution < -0.4 is 0 Å². The largest absolute Gasteiger partial charge is 0.481 e. The van der Waals surface area contributed by atoms with Crippen molar-refractivity contribution in [3.8, 4) is 0 Å². The van der Waals surface area contributed by atoms with Gasteiger partial charge in [0, 0.05) is 6.42 Å². The molecule has 178 valence electrons. The van der Waals surface area contributed by atoms with Gasteiger partial charge in [0.15, 0.2) is 0 Å². The Labute approximate surface area is 196 Å². The van der Waals surface area contributed by atoms with E-state index >= 15 is 0 Å². The van der Waals surface area contributed by atoms with Crippen LogP contribution in [-0.4, -0.2) is 11.1 Å². The molecule has 2 aliphatic carbocycles. The first-order chi connectivity index (χ1) is 15.7.